The summed E-state index contributed by atoms with van der Waals surface area (Å²) in [5, 5.41) is 2.33. The van der Waals surface area contributed by atoms with E-state index in [1.54, 1.807) is 0 Å². The third kappa shape index (κ3) is 4.94. The molecule has 0 aliphatic rings. The Labute approximate surface area is 134 Å². The summed E-state index contributed by atoms with van der Waals surface area (Å²) < 4.78 is 11.8. The first-order valence-electron chi connectivity index (χ1n) is 8.34. The second kappa shape index (κ2) is 8.07. The van der Waals surface area contributed by atoms with Crippen LogP contribution in [-0.4, -0.2) is 13.2 Å². The molecule has 0 heterocycles. The third-order valence-corrected chi connectivity index (χ3v) is 3.73. The Balaban J connectivity index is 2.06. The minimum atomic E-state index is 0.663. The summed E-state index contributed by atoms with van der Waals surface area (Å²) in [7, 11) is 0. The molecule has 0 saturated heterocycles. The molecule has 0 amide bonds. The predicted octanol–water partition coefficient (Wildman–Crippen LogP) is 5.69. The highest BCUT2D eigenvalue weighted by atomic mass is 16.5. The SMILES string of the molecule is CC(C)CCOc1ccc2c(OCCC(C)C)cccc2c1. The lowest BCUT2D eigenvalue weighted by Gasteiger charge is -2.12. The van der Waals surface area contributed by atoms with Gasteiger partial charge in [0.25, 0.3) is 0 Å². The molecular weight excluding hydrogens is 272 g/mol. The molecule has 0 radical (unpaired) electrons. The van der Waals surface area contributed by atoms with Crippen LogP contribution in [0.25, 0.3) is 10.8 Å². The van der Waals surface area contributed by atoms with E-state index in [9.17, 15) is 0 Å². The third-order valence-electron chi connectivity index (χ3n) is 3.73. The molecular formula is C20H28O2. The van der Waals surface area contributed by atoms with E-state index in [2.05, 4.69) is 45.9 Å². The van der Waals surface area contributed by atoms with E-state index in [-0.39, 0.29) is 0 Å². The van der Waals surface area contributed by atoms with Crippen LogP contribution in [0.2, 0.25) is 0 Å². The van der Waals surface area contributed by atoms with Crippen LogP contribution in [0.15, 0.2) is 36.4 Å². The molecule has 0 aliphatic carbocycles. The Kier molecular flexibility index (Phi) is 6.11. The molecule has 22 heavy (non-hydrogen) atoms. The molecule has 0 spiro atoms. The largest absolute Gasteiger partial charge is 0.494 e. The van der Waals surface area contributed by atoms with Gasteiger partial charge in [-0.3, -0.25) is 0 Å². The minimum Gasteiger partial charge on any atom is -0.494 e. The summed E-state index contributed by atoms with van der Waals surface area (Å²) in [4.78, 5) is 0. The van der Waals surface area contributed by atoms with Crippen LogP contribution in [-0.2, 0) is 0 Å². The lowest BCUT2D eigenvalue weighted by Crippen LogP contribution is -2.02. The zero-order valence-electron chi connectivity index (χ0n) is 14.3. The second-order valence-electron chi connectivity index (χ2n) is 6.70. The van der Waals surface area contributed by atoms with Gasteiger partial charge in [-0.05, 0) is 54.3 Å². The quantitative estimate of drug-likeness (QED) is 0.623. The van der Waals surface area contributed by atoms with Gasteiger partial charge >= 0.3 is 0 Å². The van der Waals surface area contributed by atoms with Crippen molar-refractivity contribution in [3.05, 3.63) is 36.4 Å². The van der Waals surface area contributed by atoms with Crippen LogP contribution in [0.5, 0.6) is 11.5 Å². The van der Waals surface area contributed by atoms with Gasteiger partial charge in [-0.25, -0.2) is 0 Å². The van der Waals surface area contributed by atoms with Crippen LogP contribution in [0.1, 0.15) is 40.5 Å². The maximum Gasteiger partial charge on any atom is 0.127 e. The Bertz CT molecular complexity index is 587. The summed E-state index contributed by atoms with van der Waals surface area (Å²) in [6, 6.07) is 12.4. The fraction of sp³-hybridized carbons (Fsp3) is 0.500. The van der Waals surface area contributed by atoms with Crippen molar-refractivity contribution in [1.29, 1.82) is 0 Å². The smallest absolute Gasteiger partial charge is 0.127 e. The molecule has 0 N–H and O–H groups in total. The molecule has 0 fully saturated rings. The Morgan fingerprint density at radius 2 is 1.50 bits per heavy atom. The molecule has 0 atom stereocenters. The first-order chi connectivity index (χ1) is 10.6. The number of ether oxygens (including phenoxy) is 2. The summed E-state index contributed by atoms with van der Waals surface area (Å²) in [6.07, 6.45) is 2.16. The Morgan fingerprint density at radius 1 is 0.818 bits per heavy atom. The summed E-state index contributed by atoms with van der Waals surface area (Å²) in [6.45, 7) is 10.4. The van der Waals surface area contributed by atoms with E-state index >= 15 is 0 Å². The molecule has 120 valence electrons. The average molecular weight is 300 g/mol. The van der Waals surface area contributed by atoms with Crippen LogP contribution in [0.3, 0.4) is 0 Å². The number of rotatable bonds is 8. The summed E-state index contributed by atoms with van der Waals surface area (Å²) >= 11 is 0. The monoisotopic (exact) mass is 300 g/mol. The molecule has 2 aromatic rings. The highest BCUT2D eigenvalue weighted by molar-refractivity contribution is 5.89. The van der Waals surface area contributed by atoms with Gasteiger partial charge in [-0.1, -0.05) is 39.8 Å². The molecule has 0 unspecified atom stereocenters. The normalized spacial score (nSPS) is 11.4. The molecule has 0 saturated carbocycles. The van der Waals surface area contributed by atoms with Crippen molar-refractivity contribution in [2.75, 3.05) is 13.2 Å². The molecule has 0 aromatic heterocycles. The average Bonchev–Trinajstić information content (AvgIpc) is 2.46. The minimum absolute atomic E-state index is 0.663. The molecule has 0 bridgehead atoms. The predicted molar refractivity (Wildman–Crippen MR) is 93.8 cm³/mol. The molecule has 2 heteroatoms. The van der Waals surface area contributed by atoms with E-state index in [4.69, 9.17) is 9.47 Å². The summed E-state index contributed by atoms with van der Waals surface area (Å²) in [5.74, 6) is 3.23. The van der Waals surface area contributed by atoms with Crippen LogP contribution < -0.4 is 9.47 Å². The van der Waals surface area contributed by atoms with E-state index in [1.165, 1.54) is 5.39 Å². The van der Waals surface area contributed by atoms with Gasteiger partial charge in [0, 0.05) is 5.39 Å². The Morgan fingerprint density at radius 3 is 2.18 bits per heavy atom. The number of hydrogen-bond acceptors (Lipinski definition) is 2. The van der Waals surface area contributed by atoms with Crippen molar-refractivity contribution in [3.8, 4) is 11.5 Å². The van der Waals surface area contributed by atoms with Crippen molar-refractivity contribution in [1.82, 2.24) is 0 Å². The number of fused-ring (bicyclic) bond motifs is 1. The van der Waals surface area contributed by atoms with E-state index in [0.29, 0.717) is 11.8 Å². The maximum absolute atomic E-state index is 5.94. The zero-order chi connectivity index (χ0) is 15.9. The molecule has 2 aromatic carbocycles. The first kappa shape index (κ1) is 16.7. The lowest BCUT2D eigenvalue weighted by molar-refractivity contribution is 0.289. The lowest BCUT2D eigenvalue weighted by atomic mass is 10.1. The maximum atomic E-state index is 5.94. The zero-order valence-corrected chi connectivity index (χ0v) is 14.3. The molecule has 0 aliphatic heterocycles. The van der Waals surface area contributed by atoms with Crippen molar-refractivity contribution in [3.63, 3.8) is 0 Å². The van der Waals surface area contributed by atoms with Gasteiger partial charge in [0.1, 0.15) is 11.5 Å². The van der Waals surface area contributed by atoms with Gasteiger partial charge < -0.3 is 9.47 Å². The fourth-order valence-corrected chi connectivity index (χ4v) is 2.26. The van der Waals surface area contributed by atoms with Crippen LogP contribution >= 0.6 is 0 Å². The van der Waals surface area contributed by atoms with Crippen molar-refractivity contribution >= 4 is 10.8 Å². The van der Waals surface area contributed by atoms with Crippen molar-refractivity contribution in [2.45, 2.75) is 40.5 Å². The highest BCUT2D eigenvalue weighted by Crippen LogP contribution is 2.29. The van der Waals surface area contributed by atoms with Gasteiger partial charge in [-0.15, -0.1) is 0 Å². The first-order valence-corrected chi connectivity index (χ1v) is 8.34. The van der Waals surface area contributed by atoms with Gasteiger partial charge in [0.2, 0.25) is 0 Å². The van der Waals surface area contributed by atoms with Gasteiger partial charge in [0.05, 0.1) is 13.2 Å². The van der Waals surface area contributed by atoms with E-state index in [0.717, 1.165) is 42.9 Å². The van der Waals surface area contributed by atoms with Crippen molar-refractivity contribution in [2.24, 2.45) is 11.8 Å². The van der Waals surface area contributed by atoms with E-state index < -0.39 is 0 Å². The number of benzene rings is 2. The van der Waals surface area contributed by atoms with Crippen LogP contribution in [0.4, 0.5) is 0 Å². The van der Waals surface area contributed by atoms with Gasteiger partial charge in [0.15, 0.2) is 0 Å². The van der Waals surface area contributed by atoms with Crippen LogP contribution in [0, 0.1) is 11.8 Å². The van der Waals surface area contributed by atoms with Gasteiger partial charge in [-0.2, -0.15) is 0 Å². The highest BCUT2D eigenvalue weighted by Gasteiger charge is 2.05. The fourth-order valence-electron chi connectivity index (χ4n) is 2.26. The topological polar surface area (TPSA) is 18.5 Å². The molecule has 2 nitrogen and oxygen atoms in total. The van der Waals surface area contributed by atoms with E-state index in [1.807, 2.05) is 18.2 Å². The number of hydrogen-bond donors (Lipinski definition) is 0. The standard InChI is InChI=1S/C20H28O2/c1-15(2)10-12-21-18-8-9-19-17(14-18)6-5-7-20(19)22-13-11-16(3)4/h5-9,14-16H,10-13H2,1-4H3. The Hall–Kier alpha value is -1.70. The van der Waals surface area contributed by atoms with Crippen molar-refractivity contribution < 1.29 is 9.47 Å². The second-order valence-corrected chi connectivity index (χ2v) is 6.70. The molecule has 2 rings (SSSR count). The summed E-state index contributed by atoms with van der Waals surface area (Å²) in [5.41, 5.74) is 0.